The Morgan fingerprint density at radius 2 is 1.73 bits per heavy atom. The number of Topliss-reactive ketones (excluding diaryl/α,β-unsaturated/α-hetero) is 2. The molecule has 0 bridgehead atoms. The predicted molar refractivity (Wildman–Crippen MR) is 168 cm³/mol. The second kappa shape index (κ2) is 10.7. The van der Waals surface area contributed by atoms with Crippen LogP contribution in [0.2, 0.25) is 0 Å². The summed E-state index contributed by atoms with van der Waals surface area (Å²) in [6.45, 7) is 3.85. The van der Waals surface area contributed by atoms with E-state index < -0.39 is 45.8 Å². The van der Waals surface area contributed by atoms with Crippen LogP contribution >= 0.6 is 0 Å². The first kappa shape index (κ1) is 28.0. The molecular formula is C36H27N3O6. The van der Waals surface area contributed by atoms with Gasteiger partial charge in [-0.3, -0.25) is 24.5 Å². The van der Waals surface area contributed by atoms with E-state index in [-0.39, 0.29) is 23.4 Å². The zero-order chi connectivity index (χ0) is 31.3. The van der Waals surface area contributed by atoms with Crippen LogP contribution in [-0.2, 0) is 10.2 Å². The highest BCUT2D eigenvalue weighted by Crippen LogP contribution is 2.62. The van der Waals surface area contributed by atoms with Crippen molar-refractivity contribution in [1.82, 2.24) is 4.90 Å². The van der Waals surface area contributed by atoms with E-state index in [2.05, 4.69) is 11.9 Å². The molecule has 9 heteroatoms. The maximum absolute atomic E-state index is 15.1. The van der Waals surface area contributed by atoms with Gasteiger partial charge in [-0.2, -0.15) is 0 Å². The number of carbonyl (C=O) groups is 3. The molecule has 0 aromatic heterocycles. The number of ether oxygens (including phenoxy) is 1. The maximum Gasteiger partial charge on any atom is 0.270 e. The molecular weight excluding hydrogens is 570 g/mol. The molecule has 3 heterocycles. The van der Waals surface area contributed by atoms with Crippen molar-refractivity contribution in [2.45, 2.75) is 17.5 Å². The number of hydrogen-bond donors (Lipinski definition) is 1. The molecule has 0 aliphatic carbocycles. The van der Waals surface area contributed by atoms with Gasteiger partial charge in [0.05, 0.1) is 22.4 Å². The number of rotatable bonds is 8. The Morgan fingerprint density at radius 3 is 2.56 bits per heavy atom. The second-order valence-electron chi connectivity index (χ2n) is 11.2. The molecule has 1 fully saturated rings. The Hall–Kier alpha value is -5.83. The van der Waals surface area contributed by atoms with Crippen LogP contribution in [0.1, 0.15) is 43.4 Å². The quantitative estimate of drug-likeness (QED) is 0.112. The lowest BCUT2D eigenvalue weighted by Crippen LogP contribution is -2.49. The molecule has 4 aromatic rings. The molecule has 1 N–H and O–H groups in total. The van der Waals surface area contributed by atoms with Crippen LogP contribution < -0.4 is 10.1 Å². The van der Waals surface area contributed by atoms with E-state index >= 15 is 4.79 Å². The minimum atomic E-state index is -1.54. The van der Waals surface area contributed by atoms with E-state index in [4.69, 9.17) is 4.74 Å². The Kier molecular flexibility index (Phi) is 6.66. The Morgan fingerprint density at radius 1 is 0.978 bits per heavy atom. The number of hydrogen-bond acceptors (Lipinski definition) is 7. The van der Waals surface area contributed by atoms with Crippen molar-refractivity contribution < 1.29 is 24.0 Å². The summed E-state index contributed by atoms with van der Waals surface area (Å²) in [4.78, 5) is 57.4. The predicted octanol–water partition coefficient (Wildman–Crippen LogP) is 6.14. The van der Waals surface area contributed by atoms with Gasteiger partial charge in [0.1, 0.15) is 23.8 Å². The number of carbonyl (C=O) groups excluding carboxylic acids is 3. The van der Waals surface area contributed by atoms with Gasteiger partial charge in [-0.05, 0) is 41.0 Å². The van der Waals surface area contributed by atoms with Crippen LogP contribution in [0, 0.1) is 16.0 Å². The van der Waals surface area contributed by atoms with Crippen molar-refractivity contribution in [1.29, 1.82) is 0 Å². The molecule has 3 aliphatic rings. The topological polar surface area (TPSA) is 119 Å². The molecule has 1 saturated heterocycles. The van der Waals surface area contributed by atoms with E-state index in [0.29, 0.717) is 17.0 Å². The van der Waals surface area contributed by atoms with Crippen molar-refractivity contribution in [3.8, 4) is 5.75 Å². The first-order valence-electron chi connectivity index (χ1n) is 14.5. The van der Waals surface area contributed by atoms with Crippen molar-refractivity contribution >= 4 is 34.9 Å². The van der Waals surface area contributed by atoms with E-state index in [1.807, 2.05) is 42.5 Å². The van der Waals surface area contributed by atoms with Gasteiger partial charge in [0.15, 0.2) is 11.6 Å². The number of ketones is 2. The van der Waals surface area contributed by atoms with Crippen LogP contribution in [0.25, 0.3) is 6.08 Å². The molecule has 222 valence electrons. The van der Waals surface area contributed by atoms with Crippen molar-refractivity contribution in [2.75, 3.05) is 11.9 Å². The third kappa shape index (κ3) is 4.11. The van der Waals surface area contributed by atoms with Crippen molar-refractivity contribution in [2.24, 2.45) is 5.92 Å². The first-order valence-corrected chi connectivity index (χ1v) is 14.5. The SMILES string of the molecule is C=CCOc1ccccc1C(=O)[C@@H]1[C@H](C(=O)c2cccc([N+](=O)[O-])c2)N2C=Cc3ccccc3[C@@H]2[C@]12C(=O)Nc1ccccc12. The highest BCUT2D eigenvalue weighted by molar-refractivity contribution is 6.17. The fraction of sp³-hybridized carbons (Fsp3) is 0.139. The Labute approximate surface area is 258 Å². The number of benzene rings is 4. The summed E-state index contributed by atoms with van der Waals surface area (Å²) >= 11 is 0. The molecule has 4 aromatic carbocycles. The zero-order valence-corrected chi connectivity index (χ0v) is 24.0. The number of nitro groups is 1. The third-order valence-corrected chi connectivity index (χ3v) is 8.97. The molecule has 0 saturated carbocycles. The average molecular weight is 598 g/mol. The summed E-state index contributed by atoms with van der Waals surface area (Å²) < 4.78 is 5.88. The smallest absolute Gasteiger partial charge is 0.270 e. The summed E-state index contributed by atoms with van der Waals surface area (Å²) in [5.74, 6) is -2.31. The minimum absolute atomic E-state index is 0.0675. The summed E-state index contributed by atoms with van der Waals surface area (Å²) in [7, 11) is 0. The number of nitrogens with one attached hydrogen (secondary N) is 1. The van der Waals surface area contributed by atoms with Crippen molar-refractivity contribution in [3.05, 3.63) is 154 Å². The van der Waals surface area contributed by atoms with Crippen LogP contribution in [0.4, 0.5) is 11.4 Å². The van der Waals surface area contributed by atoms with Gasteiger partial charge in [-0.15, -0.1) is 0 Å². The van der Waals surface area contributed by atoms with Crippen molar-refractivity contribution in [3.63, 3.8) is 0 Å². The average Bonchev–Trinajstić information content (AvgIpc) is 3.55. The minimum Gasteiger partial charge on any atom is -0.489 e. The van der Waals surface area contributed by atoms with Gasteiger partial charge in [0, 0.05) is 29.6 Å². The molecule has 7 rings (SSSR count). The second-order valence-corrected chi connectivity index (χ2v) is 11.2. The van der Waals surface area contributed by atoms with Gasteiger partial charge >= 0.3 is 0 Å². The molecule has 0 radical (unpaired) electrons. The lowest BCUT2D eigenvalue weighted by atomic mass is 9.62. The van der Waals surface area contributed by atoms with Gasteiger partial charge in [-0.1, -0.05) is 79.4 Å². The lowest BCUT2D eigenvalue weighted by Gasteiger charge is -2.38. The molecule has 0 unspecified atom stereocenters. The highest BCUT2D eigenvalue weighted by Gasteiger charge is 2.71. The molecule has 3 aliphatic heterocycles. The zero-order valence-electron chi connectivity index (χ0n) is 24.0. The van der Waals surface area contributed by atoms with Crippen LogP contribution in [0.5, 0.6) is 5.75 Å². The molecule has 1 spiro atoms. The van der Waals surface area contributed by atoms with Gasteiger partial charge in [0.2, 0.25) is 5.91 Å². The van der Waals surface area contributed by atoms with E-state index in [0.717, 1.165) is 11.1 Å². The molecule has 4 atom stereocenters. The number of para-hydroxylation sites is 2. The number of fused-ring (bicyclic) bond motifs is 6. The molecule has 1 amide bonds. The van der Waals surface area contributed by atoms with E-state index in [9.17, 15) is 19.7 Å². The van der Waals surface area contributed by atoms with Gasteiger partial charge < -0.3 is 15.0 Å². The summed E-state index contributed by atoms with van der Waals surface area (Å²) in [5, 5.41) is 14.7. The summed E-state index contributed by atoms with van der Waals surface area (Å²) in [6.07, 6.45) is 5.19. The normalized spacial score (nSPS) is 22.3. The monoisotopic (exact) mass is 597 g/mol. The standard InChI is InChI=1S/C36H27N3O6/c1-2-20-45-29-17-8-5-14-26(29)33(41)30-31(32(40)23-11-9-12-24(21-23)39(43)44)38-19-18-22-10-3-4-13-25(22)34(38)36(30)27-15-6-7-16-28(27)37-35(36)42/h2-19,21,30-31,34H,1,20H2,(H,37,42)/t30-,31+,34+,36+/m0/s1. The maximum atomic E-state index is 15.1. The summed E-state index contributed by atoms with van der Waals surface area (Å²) in [5.41, 5.74) is 1.31. The first-order chi connectivity index (χ1) is 21.9. The van der Waals surface area contributed by atoms with Crippen LogP contribution in [0.3, 0.4) is 0 Å². The van der Waals surface area contributed by atoms with Crippen LogP contribution in [0.15, 0.2) is 116 Å². The van der Waals surface area contributed by atoms with Gasteiger partial charge in [-0.25, -0.2) is 0 Å². The van der Waals surface area contributed by atoms with E-state index in [1.54, 1.807) is 53.6 Å². The highest BCUT2D eigenvalue weighted by atomic mass is 16.6. The van der Waals surface area contributed by atoms with E-state index in [1.165, 1.54) is 24.3 Å². The lowest BCUT2D eigenvalue weighted by molar-refractivity contribution is -0.384. The number of anilines is 1. The number of non-ortho nitro benzene ring substituents is 1. The summed E-state index contributed by atoms with van der Waals surface area (Å²) in [6, 6.07) is 25.1. The third-order valence-electron chi connectivity index (χ3n) is 8.97. The Bertz CT molecular complexity index is 1950. The number of nitro benzene ring substituents is 1. The molecule has 9 nitrogen and oxygen atoms in total. The Balaban J connectivity index is 1.52. The number of amides is 1. The fourth-order valence-electron chi connectivity index (χ4n) is 7.22. The van der Waals surface area contributed by atoms with Crippen LogP contribution in [-0.4, -0.2) is 39.9 Å². The largest absolute Gasteiger partial charge is 0.489 e. The molecule has 45 heavy (non-hydrogen) atoms. The number of nitrogens with zero attached hydrogens (tertiary/aromatic N) is 2. The van der Waals surface area contributed by atoms with Gasteiger partial charge in [0.25, 0.3) is 5.69 Å². The fourth-order valence-corrected chi connectivity index (χ4v) is 7.22.